The number of thioether (sulfide) groups is 1. The lowest BCUT2D eigenvalue weighted by Crippen LogP contribution is -2.56. The number of aliphatic hydroxyl groups excluding tert-OH is 1. The molecule has 0 radical (unpaired) electrons. The van der Waals surface area contributed by atoms with Crippen molar-refractivity contribution in [3.63, 3.8) is 0 Å². The number of amides is 2. The number of nitrogens with zero attached hydrogens (tertiary/aromatic N) is 2. The molecule has 4 rings (SSSR count). The third kappa shape index (κ3) is 3.79. The second-order valence-electron chi connectivity index (χ2n) is 8.81. The van der Waals surface area contributed by atoms with Crippen molar-refractivity contribution in [3.8, 4) is 0 Å². The topological polar surface area (TPSA) is 87.2 Å². The zero-order valence-electron chi connectivity index (χ0n) is 19.1. The Morgan fingerprint density at radius 3 is 2.82 bits per heavy atom. The number of aryl methyl sites for hydroxylation is 1. The minimum Gasteiger partial charge on any atom is -0.466 e. The lowest BCUT2D eigenvalue weighted by molar-refractivity contribution is -0.153. The van der Waals surface area contributed by atoms with Crippen LogP contribution in [-0.4, -0.2) is 75.0 Å². The van der Waals surface area contributed by atoms with Crippen molar-refractivity contribution < 1.29 is 24.2 Å². The number of likely N-dealkylation sites (tertiary alicyclic amines) is 1. The van der Waals surface area contributed by atoms with Crippen LogP contribution in [0.25, 0.3) is 0 Å². The summed E-state index contributed by atoms with van der Waals surface area (Å²) in [5.74, 6) is -2.32. The van der Waals surface area contributed by atoms with E-state index in [-0.39, 0.29) is 48.2 Å². The van der Waals surface area contributed by atoms with Crippen LogP contribution in [0.4, 0.5) is 5.69 Å². The molecule has 184 valence electrons. The van der Waals surface area contributed by atoms with Crippen LogP contribution in [0.3, 0.4) is 0 Å². The normalized spacial score (nSPS) is 31.5. The maximum absolute atomic E-state index is 14.3. The number of benzene rings is 1. The summed E-state index contributed by atoms with van der Waals surface area (Å²) < 4.78 is 4.53. The largest absolute Gasteiger partial charge is 0.466 e. The van der Waals surface area contributed by atoms with Crippen LogP contribution >= 0.6 is 39.3 Å². The van der Waals surface area contributed by atoms with Crippen LogP contribution in [0.1, 0.15) is 18.9 Å². The zero-order valence-corrected chi connectivity index (χ0v) is 22.2. The highest BCUT2D eigenvalue weighted by Gasteiger charge is 2.76. The van der Waals surface area contributed by atoms with E-state index in [1.807, 2.05) is 19.1 Å². The maximum atomic E-state index is 14.3. The van der Waals surface area contributed by atoms with Gasteiger partial charge in [-0.05, 0) is 31.9 Å². The number of β-amino-alcohol motifs (C(OH)–C–C–N with tert-alkyl or cyclic N) is 1. The van der Waals surface area contributed by atoms with Gasteiger partial charge in [-0.2, -0.15) is 0 Å². The van der Waals surface area contributed by atoms with E-state index in [9.17, 15) is 19.5 Å². The first-order valence-corrected chi connectivity index (χ1v) is 13.5. The molecule has 0 saturated carbocycles. The summed E-state index contributed by atoms with van der Waals surface area (Å²) in [7, 11) is 0. The van der Waals surface area contributed by atoms with Gasteiger partial charge in [-0.1, -0.05) is 45.7 Å². The Bertz CT molecular complexity index is 1000. The SMILES string of the molecule is C=CCN(C(=O)C1N(CCO)C(=O)[C@@H]2[C@@H](C(=O)OCC)[C@@H]3SC12CC3Br)c1c(C)cccc1Cl. The summed E-state index contributed by atoms with van der Waals surface area (Å²) in [5.41, 5.74) is 1.39. The Labute approximate surface area is 216 Å². The Balaban J connectivity index is 1.82. The molecular weight excluding hydrogens is 544 g/mol. The van der Waals surface area contributed by atoms with Gasteiger partial charge >= 0.3 is 5.97 Å². The highest BCUT2D eigenvalue weighted by atomic mass is 79.9. The Morgan fingerprint density at radius 2 is 2.21 bits per heavy atom. The summed E-state index contributed by atoms with van der Waals surface area (Å²) >= 11 is 11.8. The van der Waals surface area contributed by atoms with Gasteiger partial charge in [0.1, 0.15) is 6.04 Å². The predicted octanol–water partition coefficient (Wildman–Crippen LogP) is 3.19. The smallest absolute Gasteiger partial charge is 0.310 e. The molecule has 1 N–H and O–H groups in total. The molecule has 34 heavy (non-hydrogen) atoms. The Hall–Kier alpha value is -1.55. The quantitative estimate of drug-likeness (QED) is 0.293. The fourth-order valence-electron chi connectivity index (χ4n) is 5.80. The van der Waals surface area contributed by atoms with Gasteiger partial charge in [0, 0.05) is 23.2 Å². The van der Waals surface area contributed by atoms with Crippen molar-refractivity contribution in [1.29, 1.82) is 0 Å². The van der Waals surface area contributed by atoms with Crippen molar-refractivity contribution in [2.24, 2.45) is 11.8 Å². The average Bonchev–Trinajstić information content (AvgIpc) is 3.37. The van der Waals surface area contributed by atoms with E-state index in [1.54, 1.807) is 24.0 Å². The summed E-state index contributed by atoms with van der Waals surface area (Å²) in [6, 6.07) is 4.55. The van der Waals surface area contributed by atoms with E-state index >= 15 is 0 Å². The molecule has 3 fully saturated rings. The number of ether oxygens (including phenoxy) is 1. The molecule has 1 aromatic rings. The number of alkyl halides is 1. The molecule has 3 aliphatic heterocycles. The van der Waals surface area contributed by atoms with E-state index in [4.69, 9.17) is 16.3 Å². The first-order valence-electron chi connectivity index (χ1n) is 11.3. The van der Waals surface area contributed by atoms with Crippen molar-refractivity contribution in [2.75, 3.05) is 31.2 Å². The van der Waals surface area contributed by atoms with Gasteiger partial charge in [-0.25, -0.2) is 0 Å². The second-order valence-corrected chi connectivity index (χ2v) is 11.9. The van der Waals surface area contributed by atoms with Gasteiger partial charge in [0.2, 0.25) is 5.91 Å². The van der Waals surface area contributed by atoms with Gasteiger partial charge in [0.25, 0.3) is 5.91 Å². The van der Waals surface area contributed by atoms with Gasteiger partial charge in [-0.3, -0.25) is 14.4 Å². The Morgan fingerprint density at radius 1 is 1.47 bits per heavy atom. The molecule has 10 heteroatoms. The molecule has 6 atom stereocenters. The first kappa shape index (κ1) is 25.5. The number of hydrogen-bond acceptors (Lipinski definition) is 6. The van der Waals surface area contributed by atoms with Crippen LogP contribution in [0.15, 0.2) is 30.9 Å². The lowest BCUT2D eigenvalue weighted by Gasteiger charge is -2.38. The fraction of sp³-hybridized carbons (Fsp3) is 0.542. The summed E-state index contributed by atoms with van der Waals surface area (Å²) in [6.07, 6.45) is 2.17. The molecular formula is C24H28BrClN2O5S. The number of aliphatic hydroxyl groups is 1. The molecule has 3 aliphatic rings. The number of para-hydroxylation sites is 1. The average molecular weight is 572 g/mol. The molecule has 0 aromatic heterocycles. The number of carbonyl (C=O) groups excluding carboxylic acids is 3. The van der Waals surface area contributed by atoms with Crippen molar-refractivity contribution in [3.05, 3.63) is 41.4 Å². The van der Waals surface area contributed by atoms with Crippen LogP contribution in [-0.2, 0) is 19.1 Å². The zero-order chi connectivity index (χ0) is 24.8. The molecule has 2 amide bonds. The van der Waals surface area contributed by atoms with E-state index in [2.05, 4.69) is 22.5 Å². The minimum absolute atomic E-state index is 0.00461. The standard InChI is InChI=1S/C24H28BrClN2O5S/c1-4-9-27(18-13(3)7-6-8-15(18)26)22(31)20-24-12-14(25)19(34-24)16(23(32)33-5-2)17(24)21(30)28(20)10-11-29/h4,6-8,14,16-17,19-20,29H,1,5,9-12H2,2-3H3/t14?,16-,17+,19-,20?,24?/m1/s1. The molecule has 7 nitrogen and oxygen atoms in total. The number of hydrogen-bond donors (Lipinski definition) is 1. The van der Waals surface area contributed by atoms with Gasteiger partial charge in [0.15, 0.2) is 0 Å². The molecule has 0 aliphatic carbocycles. The molecule has 3 unspecified atom stereocenters. The molecule has 1 spiro atoms. The van der Waals surface area contributed by atoms with Crippen LogP contribution in [0.2, 0.25) is 5.02 Å². The summed E-state index contributed by atoms with van der Waals surface area (Å²) in [4.78, 5) is 43.9. The van der Waals surface area contributed by atoms with Gasteiger partial charge in [0.05, 0.1) is 40.5 Å². The van der Waals surface area contributed by atoms with E-state index in [0.717, 1.165) is 5.56 Å². The minimum atomic E-state index is -0.859. The van der Waals surface area contributed by atoms with Crippen molar-refractivity contribution in [1.82, 2.24) is 4.90 Å². The lowest BCUT2D eigenvalue weighted by atomic mass is 9.71. The highest BCUT2D eigenvalue weighted by molar-refractivity contribution is 9.09. The molecule has 3 saturated heterocycles. The van der Waals surface area contributed by atoms with Gasteiger partial charge < -0.3 is 19.6 Å². The Kier molecular flexibility index (Phi) is 7.39. The van der Waals surface area contributed by atoms with E-state index < -0.39 is 28.6 Å². The second kappa shape index (κ2) is 9.84. The first-order chi connectivity index (χ1) is 16.2. The fourth-order valence-corrected chi connectivity index (χ4v) is 9.72. The number of fused-ring (bicyclic) bond motifs is 1. The predicted molar refractivity (Wildman–Crippen MR) is 136 cm³/mol. The highest BCUT2D eigenvalue weighted by Crippen LogP contribution is 2.68. The van der Waals surface area contributed by atoms with Gasteiger partial charge in [-0.15, -0.1) is 18.3 Å². The van der Waals surface area contributed by atoms with Crippen LogP contribution < -0.4 is 4.90 Å². The van der Waals surface area contributed by atoms with E-state index in [1.165, 1.54) is 16.7 Å². The molecule has 1 aromatic carbocycles. The maximum Gasteiger partial charge on any atom is 0.310 e. The number of carbonyl (C=O) groups is 3. The number of halogens is 2. The van der Waals surface area contributed by atoms with Crippen molar-refractivity contribution in [2.45, 2.75) is 41.1 Å². The van der Waals surface area contributed by atoms with E-state index in [0.29, 0.717) is 17.1 Å². The third-order valence-corrected chi connectivity index (χ3v) is 10.5. The molecule has 2 bridgehead atoms. The van der Waals surface area contributed by atoms with Crippen molar-refractivity contribution >= 4 is 62.8 Å². The molecule has 3 heterocycles. The summed E-state index contributed by atoms with van der Waals surface area (Å²) in [5, 5.41) is 10.0. The number of esters is 1. The van der Waals surface area contributed by atoms with Crippen LogP contribution in [0, 0.1) is 18.8 Å². The number of anilines is 1. The third-order valence-electron chi connectivity index (χ3n) is 6.96. The monoisotopic (exact) mass is 570 g/mol. The summed E-state index contributed by atoms with van der Waals surface area (Å²) in [6.45, 7) is 7.56. The van der Waals surface area contributed by atoms with Crippen LogP contribution in [0.5, 0.6) is 0 Å². The number of rotatable bonds is 8.